The van der Waals surface area contributed by atoms with Crippen LogP contribution in [0.2, 0.25) is 0 Å². The van der Waals surface area contributed by atoms with Gasteiger partial charge in [-0.3, -0.25) is 14.4 Å². The molecule has 1 aromatic heterocycles. The van der Waals surface area contributed by atoms with Crippen molar-refractivity contribution >= 4 is 17.9 Å². The van der Waals surface area contributed by atoms with Crippen LogP contribution in [0.4, 0.5) is 0 Å². The maximum Gasteiger partial charge on any atom is 0.336 e. The highest BCUT2D eigenvalue weighted by atomic mass is 16.5. The van der Waals surface area contributed by atoms with Crippen LogP contribution >= 0.6 is 0 Å². The SMILES string of the molecule is CC(=O)Oc1cccc(Cn2c(=O)n(Cc3ccccc3OC(C)=O)c(=O)n(Cc3ccccc3OC(C)=O)c2=O)c1. The average Bonchev–Trinajstić information content (AvgIpc) is 2.92. The Bertz CT molecular complexity index is 1750. The van der Waals surface area contributed by atoms with Gasteiger partial charge in [0.1, 0.15) is 17.2 Å². The number of para-hydroxylation sites is 2. The van der Waals surface area contributed by atoms with Gasteiger partial charge >= 0.3 is 35.0 Å². The first-order valence-corrected chi connectivity index (χ1v) is 12.8. The van der Waals surface area contributed by atoms with E-state index in [0.717, 1.165) is 13.7 Å². The molecule has 0 saturated heterocycles. The molecular weight excluding hydrogens is 546 g/mol. The van der Waals surface area contributed by atoms with E-state index in [9.17, 15) is 28.8 Å². The summed E-state index contributed by atoms with van der Waals surface area (Å²) in [6, 6.07) is 19.0. The van der Waals surface area contributed by atoms with E-state index in [4.69, 9.17) is 14.2 Å². The van der Waals surface area contributed by atoms with E-state index in [2.05, 4.69) is 0 Å². The summed E-state index contributed by atoms with van der Waals surface area (Å²) in [6.45, 7) is 2.79. The minimum atomic E-state index is -0.926. The lowest BCUT2D eigenvalue weighted by atomic mass is 10.2. The zero-order valence-corrected chi connectivity index (χ0v) is 23.1. The number of hydrogen-bond donors (Lipinski definition) is 0. The molecule has 0 saturated carbocycles. The molecule has 4 aromatic rings. The van der Waals surface area contributed by atoms with Gasteiger partial charge in [0, 0.05) is 31.9 Å². The Morgan fingerprint density at radius 2 is 0.976 bits per heavy atom. The number of nitrogens with zero attached hydrogens (tertiary/aromatic N) is 3. The molecule has 12 nitrogen and oxygen atoms in total. The lowest BCUT2D eigenvalue weighted by molar-refractivity contribution is -0.132. The quantitative estimate of drug-likeness (QED) is 0.217. The summed E-state index contributed by atoms with van der Waals surface area (Å²) in [5, 5.41) is 0. The normalized spacial score (nSPS) is 10.6. The topological polar surface area (TPSA) is 145 Å². The van der Waals surface area contributed by atoms with Gasteiger partial charge in [-0.1, -0.05) is 48.5 Å². The van der Waals surface area contributed by atoms with Crippen LogP contribution in [0, 0.1) is 0 Å². The van der Waals surface area contributed by atoms with Crippen LogP contribution < -0.4 is 31.3 Å². The highest BCUT2D eigenvalue weighted by Gasteiger charge is 2.20. The van der Waals surface area contributed by atoms with Crippen LogP contribution in [0.25, 0.3) is 0 Å². The predicted octanol–water partition coefficient (Wildman–Crippen LogP) is 2.09. The van der Waals surface area contributed by atoms with Gasteiger partial charge < -0.3 is 14.2 Å². The molecule has 0 atom stereocenters. The van der Waals surface area contributed by atoms with Gasteiger partial charge in [0.25, 0.3) is 0 Å². The Morgan fingerprint density at radius 1 is 0.548 bits per heavy atom. The van der Waals surface area contributed by atoms with Crippen LogP contribution in [0.1, 0.15) is 37.5 Å². The van der Waals surface area contributed by atoms with E-state index in [-0.39, 0.29) is 36.9 Å². The van der Waals surface area contributed by atoms with Crippen LogP contribution in [0.5, 0.6) is 17.2 Å². The van der Waals surface area contributed by atoms with Gasteiger partial charge in [0.2, 0.25) is 0 Å². The molecule has 0 N–H and O–H groups in total. The number of aromatic nitrogens is 3. The van der Waals surface area contributed by atoms with E-state index in [0.29, 0.717) is 16.7 Å². The van der Waals surface area contributed by atoms with Crippen molar-refractivity contribution < 1.29 is 28.6 Å². The molecule has 0 aliphatic rings. The number of hydrogen-bond acceptors (Lipinski definition) is 9. The maximum atomic E-state index is 13.7. The molecule has 0 unspecified atom stereocenters. The molecular formula is C30H27N3O9. The van der Waals surface area contributed by atoms with E-state index in [1.807, 2.05) is 0 Å². The summed E-state index contributed by atoms with van der Waals surface area (Å²) < 4.78 is 18.2. The van der Waals surface area contributed by atoms with Crippen LogP contribution in [0.15, 0.2) is 87.2 Å². The van der Waals surface area contributed by atoms with Crippen molar-refractivity contribution in [3.05, 3.63) is 121 Å². The molecule has 0 fully saturated rings. The third-order valence-corrected chi connectivity index (χ3v) is 6.00. The van der Waals surface area contributed by atoms with Gasteiger partial charge in [-0.25, -0.2) is 28.1 Å². The molecule has 42 heavy (non-hydrogen) atoms. The largest absolute Gasteiger partial charge is 0.427 e. The number of benzene rings is 3. The third kappa shape index (κ3) is 6.97. The Hall–Kier alpha value is -5.52. The Balaban J connectivity index is 1.89. The van der Waals surface area contributed by atoms with Crippen molar-refractivity contribution in [1.29, 1.82) is 0 Å². The molecule has 1 heterocycles. The van der Waals surface area contributed by atoms with E-state index < -0.39 is 35.0 Å². The number of rotatable bonds is 9. The number of carbonyl (C=O) groups excluding carboxylic acids is 3. The fraction of sp³-hybridized carbons (Fsp3) is 0.200. The average molecular weight is 574 g/mol. The first-order chi connectivity index (χ1) is 20.0. The van der Waals surface area contributed by atoms with E-state index >= 15 is 0 Å². The molecule has 12 heteroatoms. The summed E-state index contributed by atoms with van der Waals surface area (Å²) in [6.07, 6.45) is 0. The third-order valence-electron chi connectivity index (χ3n) is 6.00. The highest BCUT2D eigenvalue weighted by Crippen LogP contribution is 2.20. The Labute approximate surface area is 238 Å². The molecule has 0 amide bonds. The standard InChI is InChI=1S/C30H27N3O9/c1-19(34)40-25-12-8-9-22(15-25)16-31-28(37)32(17-23-10-4-6-13-26(23)41-20(2)35)30(39)33(29(31)38)18-24-11-5-7-14-27(24)42-21(3)36/h4-15H,16-18H2,1-3H3. The van der Waals surface area contributed by atoms with Crippen molar-refractivity contribution in [2.24, 2.45) is 0 Å². The second kappa shape index (κ2) is 12.8. The minimum absolute atomic E-state index is 0.148. The molecule has 3 aromatic carbocycles. The summed E-state index contributed by atoms with van der Waals surface area (Å²) in [5.74, 6) is -1.21. The zero-order valence-electron chi connectivity index (χ0n) is 23.1. The summed E-state index contributed by atoms with van der Waals surface area (Å²) in [5.41, 5.74) is -1.60. The monoisotopic (exact) mass is 573 g/mol. The molecule has 4 rings (SSSR count). The maximum absolute atomic E-state index is 13.7. The summed E-state index contributed by atoms with van der Waals surface area (Å²) in [4.78, 5) is 75.8. The van der Waals surface area contributed by atoms with E-state index in [1.54, 1.807) is 54.6 Å². The lowest BCUT2D eigenvalue weighted by Crippen LogP contribution is -2.54. The van der Waals surface area contributed by atoms with Crippen molar-refractivity contribution in [2.45, 2.75) is 40.4 Å². The van der Waals surface area contributed by atoms with Crippen LogP contribution in [-0.2, 0) is 34.0 Å². The van der Waals surface area contributed by atoms with E-state index in [1.165, 1.54) is 39.0 Å². The second-order valence-corrected chi connectivity index (χ2v) is 9.25. The molecule has 0 aliphatic heterocycles. The molecule has 0 bridgehead atoms. The number of carbonyl (C=O) groups is 3. The van der Waals surface area contributed by atoms with Crippen LogP contribution in [-0.4, -0.2) is 31.6 Å². The number of ether oxygens (including phenoxy) is 3. The van der Waals surface area contributed by atoms with Crippen molar-refractivity contribution in [1.82, 2.24) is 13.7 Å². The fourth-order valence-corrected chi connectivity index (χ4v) is 4.26. The minimum Gasteiger partial charge on any atom is -0.427 e. The zero-order chi connectivity index (χ0) is 30.4. The smallest absolute Gasteiger partial charge is 0.336 e. The molecule has 216 valence electrons. The predicted molar refractivity (Wildman–Crippen MR) is 150 cm³/mol. The van der Waals surface area contributed by atoms with Crippen molar-refractivity contribution in [3.8, 4) is 17.2 Å². The fourth-order valence-electron chi connectivity index (χ4n) is 4.26. The van der Waals surface area contributed by atoms with Gasteiger partial charge in [-0.15, -0.1) is 0 Å². The number of esters is 3. The highest BCUT2D eigenvalue weighted by molar-refractivity contribution is 5.70. The van der Waals surface area contributed by atoms with Gasteiger partial charge in [0.05, 0.1) is 19.6 Å². The molecule has 0 radical (unpaired) electrons. The Kier molecular flexibility index (Phi) is 8.96. The lowest BCUT2D eigenvalue weighted by Gasteiger charge is -2.16. The first-order valence-electron chi connectivity index (χ1n) is 12.8. The van der Waals surface area contributed by atoms with Crippen molar-refractivity contribution in [2.75, 3.05) is 0 Å². The molecule has 0 spiro atoms. The summed E-state index contributed by atoms with van der Waals surface area (Å²) >= 11 is 0. The van der Waals surface area contributed by atoms with Gasteiger partial charge in [0.15, 0.2) is 0 Å². The first kappa shape index (κ1) is 29.5. The molecule has 0 aliphatic carbocycles. The van der Waals surface area contributed by atoms with Crippen molar-refractivity contribution in [3.63, 3.8) is 0 Å². The second-order valence-electron chi connectivity index (χ2n) is 9.25. The Morgan fingerprint density at radius 3 is 1.43 bits per heavy atom. The van der Waals surface area contributed by atoms with Gasteiger partial charge in [-0.2, -0.15) is 0 Å². The van der Waals surface area contributed by atoms with Crippen LogP contribution in [0.3, 0.4) is 0 Å². The summed E-state index contributed by atoms with van der Waals surface area (Å²) in [7, 11) is 0. The van der Waals surface area contributed by atoms with Gasteiger partial charge in [-0.05, 0) is 29.8 Å².